The molecule has 2 aromatic heterocycles. The van der Waals surface area contributed by atoms with Gasteiger partial charge in [-0.3, -0.25) is 4.79 Å². The third kappa shape index (κ3) is 4.57. The molecule has 7 heteroatoms. The Bertz CT molecular complexity index is 783. The molecule has 0 aromatic carbocycles. The Morgan fingerprint density at radius 3 is 2.85 bits per heavy atom. The quantitative estimate of drug-likeness (QED) is 0.534. The van der Waals surface area contributed by atoms with E-state index in [1.54, 1.807) is 6.26 Å². The van der Waals surface area contributed by atoms with Gasteiger partial charge in [0.25, 0.3) is 0 Å². The first-order chi connectivity index (χ1) is 12.9. The van der Waals surface area contributed by atoms with E-state index >= 15 is 0 Å². The van der Waals surface area contributed by atoms with Crippen LogP contribution in [0.3, 0.4) is 0 Å². The number of carbonyl (C=O) groups excluding carboxylic acids is 1. The molecule has 1 saturated carbocycles. The van der Waals surface area contributed by atoms with Gasteiger partial charge in [-0.05, 0) is 43.6 Å². The van der Waals surface area contributed by atoms with Crippen LogP contribution in [0.4, 0.5) is 0 Å². The van der Waals surface area contributed by atoms with E-state index in [1.165, 1.54) is 18.2 Å². The number of nitrogens with zero attached hydrogens (tertiary/aromatic N) is 3. The second-order valence-electron chi connectivity index (χ2n) is 7.90. The van der Waals surface area contributed by atoms with Gasteiger partial charge in [-0.1, -0.05) is 39.0 Å². The summed E-state index contributed by atoms with van der Waals surface area (Å²) in [7, 11) is 1.90. The van der Waals surface area contributed by atoms with Gasteiger partial charge >= 0.3 is 5.97 Å². The van der Waals surface area contributed by atoms with E-state index in [2.05, 4.69) is 31.0 Å². The van der Waals surface area contributed by atoms with Crippen molar-refractivity contribution in [2.24, 2.45) is 24.8 Å². The number of rotatable bonds is 6. The van der Waals surface area contributed by atoms with Crippen LogP contribution >= 0.6 is 11.8 Å². The molecule has 1 fully saturated rings. The van der Waals surface area contributed by atoms with Gasteiger partial charge in [0.15, 0.2) is 11.0 Å². The van der Waals surface area contributed by atoms with Crippen molar-refractivity contribution in [1.82, 2.24) is 14.8 Å². The molecule has 2 aromatic rings. The Morgan fingerprint density at radius 1 is 1.41 bits per heavy atom. The lowest BCUT2D eigenvalue weighted by Gasteiger charge is -2.36. The van der Waals surface area contributed by atoms with Crippen molar-refractivity contribution in [2.75, 3.05) is 5.75 Å². The van der Waals surface area contributed by atoms with Crippen molar-refractivity contribution >= 4 is 17.7 Å². The summed E-state index contributed by atoms with van der Waals surface area (Å²) in [5.74, 6) is 3.21. The number of carbonyl (C=O) groups is 1. The zero-order valence-electron chi connectivity index (χ0n) is 16.8. The highest BCUT2D eigenvalue weighted by molar-refractivity contribution is 7.99. The fourth-order valence-electron chi connectivity index (χ4n) is 3.87. The highest BCUT2D eigenvalue weighted by Crippen LogP contribution is 2.35. The molecule has 0 N–H and O–H groups in total. The number of hydrogen-bond donors (Lipinski definition) is 0. The van der Waals surface area contributed by atoms with Gasteiger partial charge < -0.3 is 13.7 Å². The van der Waals surface area contributed by atoms with Crippen LogP contribution in [0.25, 0.3) is 11.4 Å². The number of furan rings is 1. The van der Waals surface area contributed by atoms with Gasteiger partial charge in [0.1, 0.15) is 11.9 Å². The van der Waals surface area contributed by atoms with Crippen molar-refractivity contribution in [2.45, 2.75) is 58.2 Å². The van der Waals surface area contributed by atoms with E-state index in [0.717, 1.165) is 30.0 Å². The highest BCUT2D eigenvalue weighted by Gasteiger charge is 2.33. The van der Waals surface area contributed by atoms with E-state index in [9.17, 15) is 4.79 Å². The zero-order chi connectivity index (χ0) is 19.6. The van der Waals surface area contributed by atoms with Gasteiger partial charge in [-0.2, -0.15) is 0 Å². The van der Waals surface area contributed by atoms with E-state index in [0.29, 0.717) is 22.9 Å². The summed E-state index contributed by atoms with van der Waals surface area (Å²) in [6.07, 6.45) is 5.00. The fourth-order valence-corrected chi connectivity index (χ4v) is 4.56. The summed E-state index contributed by atoms with van der Waals surface area (Å²) < 4.78 is 13.1. The molecule has 0 radical (unpaired) electrons. The Kier molecular flexibility index (Phi) is 6.29. The lowest BCUT2D eigenvalue weighted by atomic mass is 9.75. The Morgan fingerprint density at radius 2 is 2.19 bits per heavy atom. The summed E-state index contributed by atoms with van der Waals surface area (Å²) >= 11 is 1.36. The summed E-state index contributed by atoms with van der Waals surface area (Å²) in [5, 5.41) is 9.15. The molecule has 6 nitrogen and oxygen atoms in total. The van der Waals surface area contributed by atoms with Crippen LogP contribution in [0.2, 0.25) is 0 Å². The number of aryl methyl sites for hydroxylation is 1. The smallest absolute Gasteiger partial charge is 0.316 e. The largest absolute Gasteiger partial charge is 0.469 e. The predicted molar refractivity (Wildman–Crippen MR) is 105 cm³/mol. The molecule has 2 heterocycles. The van der Waals surface area contributed by atoms with Crippen LogP contribution in [-0.2, 0) is 16.6 Å². The molecule has 3 rings (SSSR count). The fraction of sp³-hybridized carbons (Fsp3) is 0.650. The van der Waals surface area contributed by atoms with E-state index in [-0.39, 0.29) is 17.8 Å². The first-order valence-corrected chi connectivity index (χ1v) is 10.6. The summed E-state index contributed by atoms with van der Waals surface area (Å²) in [6.45, 7) is 8.57. The molecule has 0 amide bonds. The summed E-state index contributed by atoms with van der Waals surface area (Å²) in [4.78, 5) is 12.4. The maximum atomic E-state index is 12.4. The first-order valence-electron chi connectivity index (χ1n) is 9.63. The summed E-state index contributed by atoms with van der Waals surface area (Å²) in [6, 6.07) is 1.87. The van der Waals surface area contributed by atoms with Crippen LogP contribution in [0.1, 0.15) is 45.8 Å². The minimum atomic E-state index is -0.172. The number of aromatic nitrogens is 3. The van der Waals surface area contributed by atoms with Crippen molar-refractivity contribution in [1.29, 1.82) is 0 Å². The van der Waals surface area contributed by atoms with Crippen LogP contribution in [0.15, 0.2) is 21.9 Å². The topological polar surface area (TPSA) is 70.2 Å². The standard InChI is InChI=1S/C20H29N3O3S/c1-12(2)15-7-6-13(3)10-17(15)26-18(24)11-27-20-22-21-19(23(20)5)16-8-9-25-14(16)4/h8-9,12-13,15,17H,6-7,10-11H2,1-5H3. The van der Waals surface area contributed by atoms with E-state index < -0.39 is 0 Å². The number of esters is 1. The van der Waals surface area contributed by atoms with E-state index in [4.69, 9.17) is 9.15 Å². The lowest BCUT2D eigenvalue weighted by molar-refractivity contribution is -0.152. The molecule has 1 aliphatic carbocycles. The average Bonchev–Trinajstić information content (AvgIpc) is 3.18. The van der Waals surface area contributed by atoms with Crippen molar-refractivity contribution < 1.29 is 13.9 Å². The van der Waals surface area contributed by atoms with Gasteiger partial charge in [-0.15, -0.1) is 10.2 Å². The third-order valence-electron chi connectivity index (χ3n) is 5.50. The predicted octanol–water partition coefficient (Wildman–Crippen LogP) is 4.48. The maximum absolute atomic E-state index is 12.4. The lowest BCUT2D eigenvalue weighted by Crippen LogP contribution is -2.36. The first kappa shape index (κ1) is 20.0. The van der Waals surface area contributed by atoms with Crippen LogP contribution in [0, 0.1) is 24.7 Å². The Balaban J connectivity index is 1.59. The van der Waals surface area contributed by atoms with Crippen LogP contribution in [-0.4, -0.2) is 32.6 Å². The van der Waals surface area contributed by atoms with Gasteiger partial charge in [0, 0.05) is 7.05 Å². The van der Waals surface area contributed by atoms with Gasteiger partial charge in [0.2, 0.25) is 0 Å². The molecular formula is C20H29N3O3S. The second-order valence-corrected chi connectivity index (χ2v) is 8.84. The van der Waals surface area contributed by atoms with Crippen molar-refractivity contribution in [3.63, 3.8) is 0 Å². The monoisotopic (exact) mass is 391 g/mol. The average molecular weight is 392 g/mol. The zero-order valence-corrected chi connectivity index (χ0v) is 17.6. The van der Waals surface area contributed by atoms with Crippen LogP contribution < -0.4 is 0 Å². The SMILES string of the molecule is Cc1occc1-c1nnc(SCC(=O)OC2CC(C)CCC2C(C)C)n1C. The Labute approximate surface area is 165 Å². The molecule has 27 heavy (non-hydrogen) atoms. The number of ether oxygens (including phenoxy) is 1. The van der Waals surface area contributed by atoms with E-state index in [1.807, 2.05) is 24.6 Å². The Hall–Kier alpha value is -1.76. The van der Waals surface area contributed by atoms with Gasteiger partial charge in [0.05, 0.1) is 17.6 Å². The van der Waals surface area contributed by atoms with Crippen molar-refractivity contribution in [3.05, 3.63) is 18.1 Å². The third-order valence-corrected chi connectivity index (χ3v) is 6.49. The second kappa shape index (κ2) is 8.50. The molecule has 148 valence electrons. The number of hydrogen-bond acceptors (Lipinski definition) is 6. The van der Waals surface area contributed by atoms with Crippen molar-refractivity contribution in [3.8, 4) is 11.4 Å². The maximum Gasteiger partial charge on any atom is 0.316 e. The molecule has 3 unspecified atom stereocenters. The molecule has 3 atom stereocenters. The minimum absolute atomic E-state index is 0.0329. The molecule has 0 aliphatic heterocycles. The molecule has 0 saturated heterocycles. The van der Waals surface area contributed by atoms with Crippen LogP contribution in [0.5, 0.6) is 0 Å². The molecule has 0 spiro atoms. The number of thioether (sulfide) groups is 1. The highest BCUT2D eigenvalue weighted by atomic mass is 32.2. The molecule has 0 bridgehead atoms. The van der Waals surface area contributed by atoms with Gasteiger partial charge in [-0.25, -0.2) is 0 Å². The normalized spacial score (nSPS) is 23.0. The summed E-state index contributed by atoms with van der Waals surface area (Å²) in [5.41, 5.74) is 0.912. The molecular weight excluding hydrogens is 362 g/mol. The minimum Gasteiger partial charge on any atom is -0.469 e. The molecule has 1 aliphatic rings.